The lowest BCUT2D eigenvalue weighted by Gasteiger charge is -2.06. The van der Waals surface area contributed by atoms with Gasteiger partial charge in [-0.2, -0.15) is 0 Å². The molecule has 0 unspecified atom stereocenters. The smallest absolute Gasteiger partial charge is 0.303 e. The molecule has 0 saturated carbocycles. The molecule has 0 saturated heterocycles. The van der Waals surface area contributed by atoms with Crippen LogP contribution in [0.3, 0.4) is 0 Å². The summed E-state index contributed by atoms with van der Waals surface area (Å²) in [5.74, 6) is -0.804. The molecule has 0 aliphatic heterocycles. The number of nitrogens with zero attached hydrogens (tertiary/aromatic N) is 1. The Balaban J connectivity index is 2.47. The van der Waals surface area contributed by atoms with Crippen molar-refractivity contribution in [3.63, 3.8) is 0 Å². The number of anilines is 1. The Bertz CT molecular complexity index is 446. The standard InChI is InChI=1S/C12H16N2O4/c1-9-6-10(8-11(7-9)14(17)18)13-5-3-2-4-12(15)16/h6-8,13H,2-5H2,1H3,(H,15,16). The van der Waals surface area contributed by atoms with Crippen LogP contribution in [0.1, 0.15) is 24.8 Å². The lowest BCUT2D eigenvalue weighted by molar-refractivity contribution is -0.384. The van der Waals surface area contributed by atoms with Gasteiger partial charge in [0.15, 0.2) is 0 Å². The van der Waals surface area contributed by atoms with Crippen molar-refractivity contribution in [3.05, 3.63) is 33.9 Å². The summed E-state index contributed by atoms with van der Waals surface area (Å²) in [6, 6.07) is 4.81. The first-order chi connectivity index (χ1) is 8.49. The number of nitro benzene ring substituents is 1. The van der Waals surface area contributed by atoms with Gasteiger partial charge in [0.25, 0.3) is 5.69 Å². The molecule has 0 aromatic heterocycles. The van der Waals surface area contributed by atoms with Gasteiger partial charge in [-0.25, -0.2) is 0 Å². The van der Waals surface area contributed by atoms with E-state index < -0.39 is 10.9 Å². The predicted molar refractivity (Wildman–Crippen MR) is 67.8 cm³/mol. The summed E-state index contributed by atoms with van der Waals surface area (Å²) in [6.07, 6.45) is 1.46. The third-order valence-electron chi connectivity index (χ3n) is 2.42. The third-order valence-corrected chi connectivity index (χ3v) is 2.42. The lowest BCUT2D eigenvalue weighted by atomic mass is 10.2. The summed E-state index contributed by atoms with van der Waals surface area (Å²) in [6.45, 7) is 2.40. The van der Waals surface area contributed by atoms with Crippen molar-refractivity contribution >= 4 is 17.3 Å². The second-order valence-corrected chi connectivity index (χ2v) is 4.09. The third kappa shape index (κ3) is 4.82. The first-order valence-electron chi connectivity index (χ1n) is 5.71. The minimum Gasteiger partial charge on any atom is -0.481 e. The number of carboxylic acid groups (broad SMARTS) is 1. The van der Waals surface area contributed by atoms with Gasteiger partial charge in [0, 0.05) is 30.8 Å². The van der Waals surface area contributed by atoms with Crippen LogP contribution in [0.5, 0.6) is 0 Å². The highest BCUT2D eigenvalue weighted by molar-refractivity contribution is 5.66. The molecule has 0 spiro atoms. The number of non-ortho nitro benzene ring substituents is 1. The van der Waals surface area contributed by atoms with E-state index in [1.807, 2.05) is 6.07 Å². The van der Waals surface area contributed by atoms with Crippen molar-refractivity contribution in [2.24, 2.45) is 0 Å². The van der Waals surface area contributed by atoms with E-state index in [1.165, 1.54) is 12.1 Å². The average molecular weight is 252 g/mol. The van der Waals surface area contributed by atoms with Crippen molar-refractivity contribution in [1.82, 2.24) is 0 Å². The van der Waals surface area contributed by atoms with Crippen LogP contribution in [0, 0.1) is 17.0 Å². The number of aryl methyl sites for hydroxylation is 1. The lowest BCUT2D eigenvalue weighted by Crippen LogP contribution is -2.04. The highest BCUT2D eigenvalue weighted by Gasteiger charge is 2.07. The quantitative estimate of drug-likeness (QED) is 0.442. The molecule has 1 aromatic rings. The molecule has 0 aliphatic carbocycles. The number of nitrogens with one attached hydrogen (secondary N) is 1. The second kappa shape index (κ2) is 6.58. The maximum absolute atomic E-state index is 10.7. The topological polar surface area (TPSA) is 92.5 Å². The summed E-state index contributed by atoms with van der Waals surface area (Å²) in [5, 5.41) is 22.2. The number of nitro groups is 1. The van der Waals surface area contributed by atoms with E-state index in [9.17, 15) is 14.9 Å². The zero-order valence-electron chi connectivity index (χ0n) is 10.2. The number of hydrogen-bond donors (Lipinski definition) is 2. The van der Waals surface area contributed by atoms with Gasteiger partial charge in [0.1, 0.15) is 0 Å². The first-order valence-corrected chi connectivity index (χ1v) is 5.71. The van der Waals surface area contributed by atoms with Gasteiger partial charge in [-0.15, -0.1) is 0 Å². The highest BCUT2D eigenvalue weighted by Crippen LogP contribution is 2.20. The Morgan fingerprint density at radius 3 is 2.72 bits per heavy atom. The number of unbranched alkanes of at least 4 members (excludes halogenated alkanes) is 1. The number of carbonyl (C=O) groups is 1. The summed E-state index contributed by atoms with van der Waals surface area (Å²) >= 11 is 0. The number of benzene rings is 1. The maximum atomic E-state index is 10.7. The van der Waals surface area contributed by atoms with Gasteiger partial charge in [-0.1, -0.05) is 0 Å². The summed E-state index contributed by atoms with van der Waals surface area (Å²) in [5.41, 5.74) is 1.57. The van der Waals surface area contributed by atoms with Crippen LogP contribution in [-0.2, 0) is 4.79 Å². The molecule has 0 heterocycles. The van der Waals surface area contributed by atoms with Crippen LogP contribution < -0.4 is 5.32 Å². The van der Waals surface area contributed by atoms with Crippen LogP contribution in [-0.4, -0.2) is 22.5 Å². The number of aliphatic carboxylic acids is 1. The SMILES string of the molecule is Cc1cc(NCCCCC(=O)O)cc([N+](=O)[O-])c1. The molecular formula is C12H16N2O4. The van der Waals surface area contributed by atoms with Gasteiger partial charge in [-0.05, 0) is 31.4 Å². The molecule has 0 fully saturated rings. The highest BCUT2D eigenvalue weighted by atomic mass is 16.6. The van der Waals surface area contributed by atoms with Crippen LogP contribution in [0.2, 0.25) is 0 Å². The Labute approximate surface area is 105 Å². The summed E-state index contributed by atoms with van der Waals surface area (Å²) < 4.78 is 0. The molecule has 98 valence electrons. The number of carboxylic acids is 1. The van der Waals surface area contributed by atoms with Crippen LogP contribution >= 0.6 is 0 Å². The van der Waals surface area contributed by atoms with E-state index in [2.05, 4.69) is 5.32 Å². The minimum atomic E-state index is -0.804. The van der Waals surface area contributed by atoms with Gasteiger partial charge in [0.2, 0.25) is 0 Å². The van der Waals surface area contributed by atoms with E-state index in [4.69, 9.17) is 5.11 Å². The van der Waals surface area contributed by atoms with Gasteiger partial charge in [0.05, 0.1) is 4.92 Å². The Morgan fingerprint density at radius 1 is 1.39 bits per heavy atom. The predicted octanol–water partition coefficient (Wildman–Crippen LogP) is 2.57. The van der Waals surface area contributed by atoms with E-state index >= 15 is 0 Å². The molecule has 0 bridgehead atoms. The summed E-state index contributed by atoms with van der Waals surface area (Å²) in [4.78, 5) is 20.5. The molecule has 6 heteroatoms. The van der Waals surface area contributed by atoms with Crippen LogP contribution in [0.15, 0.2) is 18.2 Å². The summed E-state index contributed by atoms with van der Waals surface area (Å²) in [7, 11) is 0. The van der Waals surface area contributed by atoms with Crippen LogP contribution in [0.25, 0.3) is 0 Å². The fraction of sp³-hybridized carbons (Fsp3) is 0.417. The van der Waals surface area contributed by atoms with Crippen LogP contribution in [0.4, 0.5) is 11.4 Å². The van der Waals surface area contributed by atoms with Gasteiger partial charge in [-0.3, -0.25) is 14.9 Å². The number of hydrogen-bond acceptors (Lipinski definition) is 4. The van der Waals surface area contributed by atoms with Crippen molar-refractivity contribution < 1.29 is 14.8 Å². The maximum Gasteiger partial charge on any atom is 0.303 e. The van der Waals surface area contributed by atoms with Crippen molar-refractivity contribution in [2.45, 2.75) is 26.2 Å². The molecule has 2 N–H and O–H groups in total. The van der Waals surface area contributed by atoms with E-state index in [0.717, 1.165) is 5.56 Å². The molecular weight excluding hydrogens is 236 g/mol. The molecule has 1 rings (SSSR count). The van der Waals surface area contributed by atoms with E-state index in [0.29, 0.717) is 25.1 Å². The van der Waals surface area contributed by atoms with E-state index in [-0.39, 0.29) is 12.1 Å². The second-order valence-electron chi connectivity index (χ2n) is 4.09. The Hall–Kier alpha value is -2.11. The van der Waals surface area contributed by atoms with Crippen molar-refractivity contribution in [2.75, 3.05) is 11.9 Å². The minimum absolute atomic E-state index is 0.0584. The Morgan fingerprint density at radius 2 is 2.11 bits per heavy atom. The molecule has 0 aliphatic rings. The molecule has 18 heavy (non-hydrogen) atoms. The van der Waals surface area contributed by atoms with Crippen molar-refractivity contribution in [3.8, 4) is 0 Å². The van der Waals surface area contributed by atoms with Crippen molar-refractivity contribution in [1.29, 1.82) is 0 Å². The first kappa shape index (κ1) is 14.0. The molecule has 0 amide bonds. The average Bonchev–Trinajstić information content (AvgIpc) is 2.27. The fourth-order valence-corrected chi connectivity index (χ4v) is 1.60. The normalized spacial score (nSPS) is 10.1. The molecule has 0 atom stereocenters. The monoisotopic (exact) mass is 252 g/mol. The molecule has 1 aromatic carbocycles. The molecule has 0 radical (unpaired) electrons. The zero-order valence-corrected chi connectivity index (χ0v) is 10.2. The van der Waals surface area contributed by atoms with E-state index in [1.54, 1.807) is 6.92 Å². The number of rotatable bonds is 7. The largest absolute Gasteiger partial charge is 0.481 e. The molecule has 6 nitrogen and oxygen atoms in total. The van der Waals surface area contributed by atoms with Gasteiger partial charge >= 0.3 is 5.97 Å². The zero-order chi connectivity index (χ0) is 13.5. The van der Waals surface area contributed by atoms with Gasteiger partial charge < -0.3 is 10.4 Å². The fourth-order valence-electron chi connectivity index (χ4n) is 1.60. The Kier molecular flexibility index (Phi) is 5.10.